The van der Waals surface area contributed by atoms with Crippen LogP contribution in [0.3, 0.4) is 0 Å². The molecule has 1 aromatic heterocycles. The van der Waals surface area contributed by atoms with Gasteiger partial charge in [-0.25, -0.2) is 4.68 Å². The summed E-state index contributed by atoms with van der Waals surface area (Å²) < 4.78 is 1.64. The quantitative estimate of drug-likeness (QED) is 0.626. The Labute approximate surface area is 177 Å². The molecule has 9 nitrogen and oxygen atoms in total. The number of phenols is 1. The fourth-order valence-electron chi connectivity index (χ4n) is 4.25. The van der Waals surface area contributed by atoms with E-state index in [1.807, 2.05) is 12.1 Å². The molecule has 2 aliphatic heterocycles. The third-order valence-electron chi connectivity index (χ3n) is 5.74. The molecule has 2 aromatic carbocycles. The Hall–Kier alpha value is -4.01. The first-order valence-electron chi connectivity index (χ1n) is 9.89. The first-order chi connectivity index (χ1) is 14.9. The van der Waals surface area contributed by atoms with E-state index >= 15 is 0 Å². The van der Waals surface area contributed by atoms with Gasteiger partial charge in [0.1, 0.15) is 17.5 Å². The van der Waals surface area contributed by atoms with E-state index in [4.69, 9.17) is 0 Å². The number of aryl methyl sites for hydroxylation is 1. The number of hydrogen-bond donors (Lipinski definition) is 2. The van der Waals surface area contributed by atoms with Gasteiger partial charge < -0.3 is 10.0 Å². The van der Waals surface area contributed by atoms with Crippen molar-refractivity contribution in [1.29, 1.82) is 0 Å². The summed E-state index contributed by atoms with van der Waals surface area (Å²) in [5.41, 5.74) is 4.24. The summed E-state index contributed by atoms with van der Waals surface area (Å²) in [6, 6.07) is 11.6. The average Bonchev–Trinajstić information content (AvgIpc) is 3.28. The molecule has 0 aliphatic carbocycles. The molecule has 0 saturated carbocycles. The second-order valence-electron chi connectivity index (χ2n) is 7.73. The highest BCUT2D eigenvalue weighted by molar-refractivity contribution is 6.05. The first-order valence-corrected chi connectivity index (χ1v) is 9.89. The Morgan fingerprint density at radius 3 is 2.71 bits per heavy atom. The van der Waals surface area contributed by atoms with Crippen LogP contribution in [-0.4, -0.2) is 48.8 Å². The number of carbonyl (C=O) groups is 3. The van der Waals surface area contributed by atoms with Gasteiger partial charge in [0.05, 0.1) is 5.69 Å². The number of carbonyl (C=O) groups excluding carboxylic acids is 3. The van der Waals surface area contributed by atoms with Crippen LogP contribution in [0, 0.1) is 0 Å². The van der Waals surface area contributed by atoms with Crippen LogP contribution in [0.5, 0.6) is 5.75 Å². The molecule has 1 atom stereocenters. The van der Waals surface area contributed by atoms with Gasteiger partial charge in [0, 0.05) is 36.7 Å². The van der Waals surface area contributed by atoms with Crippen molar-refractivity contribution in [3.05, 3.63) is 53.6 Å². The molecule has 3 heterocycles. The zero-order chi connectivity index (χ0) is 21.7. The van der Waals surface area contributed by atoms with Crippen molar-refractivity contribution in [3.8, 4) is 28.3 Å². The lowest BCUT2D eigenvalue weighted by Gasteiger charge is -2.29. The molecule has 31 heavy (non-hydrogen) atoms. The molecule has 2 aliphatic rings. The van der Waals surface area contributed by atoms with Crippen molar-refractivity contribution in [2.24, 2.45) is 7.05 Å². The Morgan fingerprint density at radius 1 is 1.10 bits per heavy atom. The Balaban J connectivity index is 1.50. The largest absolute Gasteiger partial charge is 0.508 e. The van der Waals surface area contributed by atoms with Crippen LogP contribution in [0.15, 0.2) is 42.5 Å². The highest BCUT2D eigenvalue weighted by Gasteiger charge is 2.39. The zero-order valence-electron chi connectivity index (χ0n) is 16.7. The number of piperidine rings is 1. The molecule has 0 radical (unpaired) electrons. The lowest BCUT2D eigenvalue weighted by molar-refractivity contribution is -0.136. The van der Waals surface area contributed by atoms with Crippen molar-refractivity contribution in [2.45, 2.75) is 25.4 Å². The van der Waals surface area contributed by atoms with Crippen LogP contribution in [0.2, 0.25) is 0 Å². The van der Waals surface area contributed by atoms with Gasteiger partial charge in [-0.3, -0.25) is 19.7 Å². The van der Waals surface area contributed by atoms with Crippen LogP contribution in [0.25, 0.3) is 22.5 Å². The van der Waals surface area contributed by atoms with E-state index in [9.17, 15) is 19.5 Å². The second-order valence-corrected chi connectivity index (χ2v) is 7.73. The van der Waals surface area contributed by atoms with Crippen molar-refractivity contribution in [3.63, 3.8) is 0 Å². The van der Waals surface area contributed by atoms with E-state index in [1.54, 1.807) is 42.1 Å². The van der Waals surface area contributed by atoms with Crippen LogP contribution in [0.1, 0.15) is 28.8 Å². The molecule has 3 aromatic rings. The van der Waals surface area contributed by atoms with E-state index in [0.717, 1.165) is 22.4 Å². The van der Waals surface area contributed by atoms with Gasteiger partial charge in [-0.1, -0.05) is 23.4 Å². The molecule has 2 N–H and O–H groups in total. The van der Waals surface area contributed by atoms with Gasteiger partial charge in [0.2, 0.25) is 11.8 Å². The minimum atomic E-state index is -0.652. The third kappa shape index (κ3) is 3.14. The number of amides is 3. The summed E-state index contributed by atoms with van der Waals surface area (Å²) in [6.07, 6.45) is 0.539. The maximum atomic E-state index is 12.9. The van der Waals surface area contributed by atoms with Gasteiger partial charge in [0.15, 0.2) is 0 Å². The highest BCUT2D eigenvalue weighted by Crippen LogP contribution is 2.35. The van der Waals surface area contributed by atoms with Crippen molar-refractivity contribution in [2.75, 3.05) is 0 Å². The Kier molecular flexibility index (Phi) is 4.32. The maximum Gasteiger partial charge on any atom is 0.255 e. The average molecular weight is 417 g/mol. The number of imide groups is 1. The van der Waals surface area contributed by atoms with E-state index in [-0.39, 0.29) is 30.5 Å². The van der Waals surface area contributed by atoms with E-state index in [2.05, 4.69) is 15.6 Å². The molecule has 0 bridgehead atoms. The van der Waals surface area contributed by atoms with Gasteiger partial charge in [-0.05, 0) is 36.2 Å². The number of nitrogens with zero attached hydrogens (tertiary/aromatic N) is 4. The molecular weight excluding hydrogens is 398 g/mol. The number of benzene rings is 2. The summed E-state index contributed by atoms with van der Waals surface area (Å²) in [5.74, 6) is -0.819. The predicted molar refractivity (Wildman–Crippen MR) is 110 cm³/mol. The number of aromatic hydroxyl groups is 1. The van der Waals surface area contributed by atoms with Crippen LogP contribution < -0.4 is 5.32 Å². The molecule has 1 fully saturated rings. The summed E-state index contributed by atoms with van der Waals surface area (Å²) in [4.78, 5) is 38.1. The fourth-order valence-corrected chi connectivity index (χ4v) is 4.25. The number of aromatic nitrogens is 3. The second kappa shape index (κ2) is 7.05. The van der Waals surface area contributed by atoms with E-state index in [0.29, 0.717) is 17.7 Å². The monoisotopic (exact) mass is 417 g/mol. The predicted octanol–water partition coefficient (Wildman–Crippen LogP) is 1.62. The number of phenolic OH excluding ortho intramolecular Hbond substituents is 1. The molecule has 3 amide bonds. The topological polar surface area (TPSA) is 117 Å². The Morgan fingerprint density at radius 2 is 1.94 bits per heavy atom. The Bertz CT molecular complexity index is 1250. The normalized spacial score (nSPS) is 18.3. The lowest BCUT2D eigenvalue weighted by Crippen LogP contribution is -2.52. The van der Waals surface area contributed by atoms with Crippen molar-refractivity contribution in [1.82, 2.24) is 25.2 Å². The van der Waals surface area contributed by atoms with Gasteiger partial charge in [-0.15, -0.1) is 5.10 Å². The van der Waals surface area contributed by atoms with Crippen molar-refractivity contribution >= 4 is 17.7 Å². The van der Waals surface area contributed by atoms with Crippen LogP contribution in [0.4, 0.5) is 0 Å². The van der Waals surface area contributed by atoms with Crippen LogP contribution in [-0.2, 0) is 23.2 Å². The minimum Gasteiger partial charge on any atom is -0.508 e. The van der Waals surface area contributed by atoms with Crippen molar-refractivity contribution < 1.29 is 19.5 Å². The number of fused-ring (bicyclic) bond motifs is 1. The molecule has 9 heteroatoms. The summed E-state index contributed by atoms with van der Waals surface area (Å²) in [5, 5.41) is 20.6. The maximum absolute atomic E-state index is 12.9. The summed E-state index contributed by atoms with van der Waals surface area (Å²) in [6.45, 7) is 0.288. The fraction of sp³-hybridized carbons (Fsp3) is 0.227. The lowest BCUT2D eigenvalue weighted by atomic mass is 10.0. The molecular formula is C22H19N5O4. The molecule has 156 valence electrons. The van der Waals surface area contributed by atoms with Crippen LogP contribution >= 0.6 is 0 Å². The van der Waals surface area contributed by atoms with Gasteiger partial charge in [-0.2, -0.15) is 0 Å². The smallest absolute Gasteiger partial charge is 0.255 e. The zero-order valence-corrected chi connectivity index (χ0v) is 16.7. The molecule has 5 rings (SSSR count). The third-order valence-corrected chi connectivity index (χ3v) is 5.74. The SMILES string of the molecule is Cn1nnc(-c2ccc3c(c2)CN(C2CCC(=O)NC2=O)C3=O)c1-c1cccc(O)c1. The standard InChI is InChI=1S/C22H19N5O4/c1-26-20(13-3-2-4-15(28)10-13)19(24-25-26)12-5-6-16-14(9-12)11-27(22(16)31)17-7-8-18(29)23-21(17)30/h2-6,9-10,17,28H,7-8,11H2,1H3,(H,23,29,30). The molecule has 1 unspecified atom stereocenters. The van der Waals surface area contributed by atoms with Gasteiger partial charge >= 0.3 is 0 Å². The minimum absolute atomic E-state index is 0.143. The highest BCUT2D eigenvalue weighted by atomic mass is 16.3. The molecule has 0 spiro atoms. The molecule has 1 saturated heterocycles. The van der Waals surface area contributed by atoms with E-state index < -0.39 is 11.9 Å². The number of rotatable bonds is 3. The summed E-state index contributed by atoms with van der Waals surface area (Å²) >= 11 is 0. The number of nitrogens with one attached hydrogen (secondary N) is 1. The summed E-state index contributed by atoms with van der Waals surface area (Å²) in [7, 11) is 1.78. The van der Waals surface area contributed by atoms with Gasteiger partial charge in [0.25, 0.3) is 5.91 Å². The number of hydrogen-bond acceptors (Lipinski definition) is 6. The first kappa shape index (κ1) is 19.0. The van der Waals surface area contributed by atoms with E-state index in [1.165, 1.54) is 4.90 Å².